The number of aromatic nitrogens is 3. The lowest BCUT2D eigenvalue weighted by atomic mass is 10.2. The van der Waals surface area contributed by atoms with Crippen molar-refractivity contribution in [3.63, 3.8) is 0 Å². The Bertz CT molecular complexity index is 1060. The van der Waals surface area contributed by atoms with Gasteiger partial charge in [0.05, 0.1) is 17.6 Å². The summed E-state index contributed by atoms with van der Waals surface area (Å²) in [4.78, 5) is 13.0. The van der Waals surface area contributed by atoms with Crippen molar-refractivity contribution in [2.75, 3.05) is 4.31 Å². The molecule has 4 rings (SSSR count). The van der Waals surface area contributed by atoms with Crippen molar-refractivity contribution < 1.29 is 13.2 Å². The lowest BCUT2D eigenvalue weighted by Crippen LogP contribution is -2.25. The van der Waals surface area contributed by atoms with E-state index in [4.69, 9.17) is 4.74 Å². The van der Waals surface area contributed by atoms with Crippen LogP contribution in [0.25, 0.3) is 0 Å². The quantitative estimate of drug-likeness (QED) is 0.704. The molecule has 26 heavy (non-hydrogen) atoms. The molecule has 132 valence electrons. The van der Waals surface area contributed by atoms with Crippen LogP contribution in [-0.2, 0) is 23.0 Å². The van der Waals surface area contributed by atoms with Gasteiger partial charge in [0.15, 0.2) is 0 Å². The van der Waals surface area contributed by atoms with Gasteiger partial charge in [0.1, 0.15) is 11.6 Å². The zero-order chi connectivity index (χ0) is 18.1. The highest BCUT2D eigenvalue weighted by Gasteiger charge is 2.35. The van der Waals surface area contributed by atoms with Gasteiger partial charge in [-0.05, 0) is 30.2 Å². The van der Waals surface area contributed by atoms with Gasteiger partial charge >= 0.3 is 6.01 Å². The van der Waals surface area contributed by atoms with Crippen molar-refractivity contribution in [3.8, 4) is 11.8 Å². The molecule has 2 aromatic heterocycles. The normalized spacial score (nSPS) is 14.9. The third-order valence-corrected chi connectivity index (χ3v) is 5.91. The lowest BCUT2D eigenvalue weighted by Gasteiger charge is -2.17. The summed E-state index contributed by atoms with van der Waals surface area (Å²) < 4.78 is 32.7. The first-order valence-electron chi connectivity index (χ1n) is 8.14. The summed E-state index contributed by atoms with van der Waals surface area (Å²) in [5, 5.41) is 0. The Morgan fingerprint density at radius 3 is 2.73 bits per heavy atom. The highest BCUT2D eigenvalue weighted by molar-refractivity contribution is 7.93. The molecule has 0 unspecified atom stereocenters. The molecular weight excluding hydrogens is 352 g/mol. The third-order valence-electron chi connectivity index (χ3n) is 4.06. The molecule has 3 aromatic rings. The maximum Gasteiger partial charge on any atom is 0.324 e. The van der Waals surface area contributed by atoms with Gasteiger partial charge in [-0.3, -0.25) is 4.98 Å². The number of fused-ring (bicyclic) bond motifs is 1. The van der Waals surface area contributed by atoms with E-state index in [1.54, 1.807) is 42.7 Å². The zero-order valence-electron chi connectivity index (χ0n) is 14.0. The molecule has 3 heterocycles. The van der Waals surface area contributed by atoms with E-state index in [-0.39, 0.29) is 12.6 Å². The third kappa shape index (κ3) is 2.88. The van der Waals surface area contributed by atoms with Crippen LogP contribution in [0.2, 0.25) is 0 Å². The van der Waals surface area contributed by atoms with Crippen molar-refractivity contribution in [2.45, 2.75) is 24.8 Å². The van der Waals surface area contributed by atoms with Crippen LogP contribution in [0.5, 0.6) is 11.8 Å². The summed E-state index contributed by atoms with van der Waals surface area (Å²) >= 11 is 0. The molecule has 0 N–H and O–H groups in total. The summed E-state index contributed by atoms with van der Waals surface area (Å²) in [6, 6.07) is 12.2. The van der Waals surface area contributed by atoms with Gasteiger partial charge in [-0.15, -0.1) is 0 Å². The fourth-order valence-corrected chi connectivity index (χ4v) is 4.38. The van der Waals surface area contributed by atoms with Crippen molar-refractivity contribution in [1.29, 1.82) is 0 Å². The van der Waals surface area contributed by atoms with E-state index in [0.29, 0.717) is 28.6 Å². The Hall–Kier alpha value is -3.00. The van der Waals surface area contributed by atoms with Crippen molar-refractivity contribution >= 4 is 15.8 Å². The molecule has 0 saturated carbocycles. The maximum atomic E-state index is 12.9. The van der Waals surface area contributed by atoms with Crippen molar-refractivity contribution in [1.82, 2.24) is 15.0 Å². The molecule has 1 aliphatic rings. The van der Waals surface area contributed by atoms with E-state index >= 15 is 0 Å². The van der Waals surface area contributed by atoms with Crippen LogP contribution in [0.1, 0.15) is 18.2 Å². The molecule has 0 fully saturated rings. The monoisotopic (exact) mass is 368 g/mol. The highest BCUT2D eigenvalue weighted by atomic mass is 32.2. The van der Waals surface area contributed by atoms with Crippen LogP contribution in [0.4, 0.5) is 5.82 Å². The van der Waals surface area contributed by atoms with Crippen LogP contribution < -0.4 is 9.04 Å². The Morgan fingerprint density at radius 2 is 2.00 bits per heavy atom. The number of rotatable bonds is 4. The number of hydrogen-bond acceptors (Lipinski definition) is 6. The fourth-order valence-electron chi connectivity index (χ4n) is 2.78. The van der Waals surface area contributed by atoms with Gasteiger partial charge in [-0.1, -0.05) is 25.1 Å². The topological polar surface area (TPSA) is 85.3 Å². The van der Waals surface area contributed by atoms with Crippen LogP contribution in [0, 0.1) is 0 Å². The van der Waals surface area contributed by atoms with E-state index in [1.165, 1.54) is 4.31 Å². The molecule has 0 bridgehead atoms. The Balaban J connectivity index is 1.74. The van der Waals surface area contributed by atoms with Gasteiger partial charge in [0.2, 0.25) is 0 Å². The summed E-state index contributed by atoms with van der Waals surface area (Å²) in [6.07, 6.45) is 3.81. The smallest absolute Gasteiger partial charge is 0.324 e. The number of aryl methyl sites for hydroxylation is 1. The van der Waals surface area contributed by atoms with Gasteiger partial charge in [-0.25, -0.2) is 12.7 Å². The van der Waals surface area contributed by atoms with Gasteiger partial charge in [-0.2, -0.15) is 9.97 Å². The predicted octanol–water partition coefficient (Wildman–Crippen LogP) is 2.94. The SMILES string of the molecule is CCc1cc(N2Cc3ccccc3S2(=O)=O)nc(Oc2cccnc2)n1. The molecule has 0 spiro atoms. The average molecular weight is 368 g/mol. The molecular formula is C18H16N4O3S. The van der Waals surface area contributed by atoms with Gasteiger partial charge in [0.25, 0.3) is 10.0 Å². The zero-order valence-corrected chi connectivity index (χ0v) is 14.8. The number of benzene rings is 1. The largest absolute Gasteiger partial charge is 0.423 e. The standard InChI is InChI=1S/C18H16N4O3S/c1-2-14-10-17(21-18(20-14)25-15-7-5-9-19-11-15)22-12-13-6-3-4-8-16(13)26(22,23)24/h3-11H,2,12H2,1H3. The van der Waals surface area contributed by atoms with Crippen molar-refractivity contribution in [2.24, 2.45) is 0 Å². The Morgan fingerprint density at radius 1 is 1.15 bits per heavy atom. The second-order valence-electron chi connectivity index (χ2n) is 5.76. The van der Waals surface area contributed by atoms with Crippen LogP contribution in [0.15, 0.2) is 59.8 Å². The molecule has 0 amide bonds. The molecule has 0 saturated heterocycles. The van der Waals surface area contributed by atoms with E-state index in [1.807, 2.05) is 19.1 Å². The minimum absolute atomic E-state index is 0.0958. The minimum Gasteiger partial charge on any atom is -0.423 e. The van der Waals surface area contributed by atoms with Gasteiger partial charge < -0.3 is 4.74 Å². The summed E-state index contributed by atoms with van der Waals surface area (Å²) in [5.41, 5.74) is 1.44. The lowest BCUT2D eigenvalue weighted by molar-refractivity contribution is 0.438. The maximum absolute atomic E-state index is 12.9. The molecule has 7 nitrogen and oxygen atoms in total. The van der Waals surface area contributed by atoms with E-state index in [0.717, 1.165) is 5.56 Å². The molecule has 1 aliphatic heterocycles. The average Bonchev–Trinajstić information content (AvgIpc) is 2.93. The fraction of sp³-hybridized carbons (Fsp3) is 0.167. The van der Waals surface area contributed by atoms with Crippen molar-refractivity contribution in [3.05, 3.63) is 66.1 Å². The highest BCUT2D eigenvalue weighted by Crippen LogP contribution is 2.34. The molecule has 0 radical (unpaired) electrons. The van der Waals surface area contributed by atoms with Gasteiger partial charge in [0, 0.05) is 18.0 Å². The molecule has 0 aliphatic carbocycles. The second kappa shape index (κ2) is 6.38. The van der Waals surface area contributed by atoms with E-state index in [2.05, 4.69) is 15.0 Å². The summed E-state index contributed by atoms with van der Waals surface area (Å²) in [7, 11) is -3.64. The number of pyridine rings is 1. The first-order chi connectivity index (χ1) is 12.6. The number of nitrogens with zero attached hydrogens (tertiary/aromatic N) is 4. The van der Waals surface area contributed by atoms with Crippen LogP contribution in [0.3, 0.4) is 0 Å². The first kappa shape index (κ1) is 16.5. The molecule has 1 aromatic carbocycles. The number of ether oxygens (including phenoxy) is 1. The number of hydrogen-bond donors (Lipinski definition) is 0. The van der Waals surface area contributed by atoms with E-state index in [9.17, 15) is 8.42 Å². The van der Waals surface area contributed by atoms with Crippen LogP contribution >= 0.6 is 0 Å². The number of anilines is 1. The van der Waals surface area contributed by atoms with Crippen LogP contribution in [-0.4, -0.2) is 23.4 Å². The Labute approximate surface area is 151 Å². The van der Waals surface area contributed by atoms with E-state index < -0.39 is 10.0 Å². The summed E-state index contributed by atoms with van der Waals surface area (Å²) in [5.74, 6) is 0.784. The second-order valence-corrected chi connectivity index (χ2v) is 7.59. The molecule has 8 heteroatoms. The number of sulfonamides is 1. The summed E-state index contributed by atoms with van der Waals surface area (Å²) in [6.45, 7) is 2.18. The first-order valence-corrected chi connectivity index (χ1v) is 9.58. The molecule has 0 atom stereocenters. The minimum atomic E-state index is -3.64. The Kier molecular flexibility index (Phi) is 4.04. The predicted molar refractivity (Wildman–Crippen MR) is 95.5 cm³/mol.